The largest absolute Gasteiger partial charge is 0.495 e. The average Bonchev–Trinajstić information content (AvgIpc) is 2.83. The number of H-pyrrole nitrogens is 1. The van der Waals surface area contributed by atoms with Gasteiger partial charge in [-0.2, -0.15) is 0 Å². The number of ether oxygens (including phenoxy) is 1. The van der Waals surface area contributed by atoms with Gasteiger partial charge in [0.25, 0.3) is 0 Å². The van der Waals surface area contributed by atoms with Crippen molar-refractivity contribution < 1.29 is 9.53 Å². The monoisotopic (exact) mass is 301 g/mol. The third kappa shape index (κ3) is 2.63. The van der Waals surface area contributed by atoms with E-state index in [1.54, 1.807) is 7.11 Å². The molecule has 1 aromatic carbocycles. The Morgan fingerprint density at radius 1 is 1.36 bits per heavy atom. The van der Waals surface area contributed by atoms with Gasteiger partial charge in [0.05, 0.1) is 12.6 Å². The molecule has 0 atom stereocenters. The number of aromatic amines is 1. The zero-order valence-electron chi connectivity index (χ0n) is 13.6. The van der Waals surface area contributed by atoms with Gasteiger partial charge in [0.15, 0.2) is 0 Å². The molecule has 118 valence electrons. The van der Waals surface area contributed by atoms with E-state index in [0.29, 0.717) is 6.54 Å². The number of carbonyl (C=O) groups excluding carboxylic acids is 1. The van der Waals surface area contributed by atoms with Crippen molar-refractivity contribution in [3.05, 3.63) is 29.5 Å². The predicted octanol–water partition coefficient (Wildman–Crippen LogP) is 3.04. The molecule has 0 radical (unpaired) electrons. The fourth-order valence-electron chi connectivity index (χ4n) is 2.95. The maximum absolute atomic E-state index is 12.4. The number of nitrogens with zero attached hydrogens (tertiary/aromatic N) is 1. The average molecular weight is 301 g/mol. The second-order valence-corrected chi connectivity index (χ2v) is 6.82. The molecule has 0 fully saturated rings. The Bertz CT molecular complexity index is 712. The number of carbonyl (C=O) groups is 1. The summed E-state index contributed by atoms with van der Waals surface area (Å²) in [5.74, 6) is 0.845. The van der Waals surface area contributed by atoms with Crippen LogP contribution in [0.1, 0.15) is 32.0 Å². The van der Waals surface area contributed by atoms with E-state index in [2.05, 4.69) is 16.4 Å². The van der Waals surface area contributed by atoms with Crippen LogP contribution < -0.4 is 10.1 Å². The van der Waals surface area contributed by atoms with E-state index in [0.717, 1.165) is 29.6 Å². The van der Waals surface area contributed by atoms with Crippen molar-refractivity contribution >= 4 is 16.9 Å². The van der Waals surface area contributed by atoms with E-state index in [1.165, 1.54) is 11.3 Å². The molecule has 2 N–H and O–H groups in total. The summed E-state index contributed by atoms with van der Waals surface area (Å²) in [5, 5.41) is 4.18. The quantitative estimate of drug-likeness (QED) is 0.850. The number of methoxy groups -OCH3 is 1. The van der Waals surface area contributed by atoms with E-state index in [4.69, 9.17) is 4.74 Å². The summed E-state index contributed by atoms with van der Waals surface area (Å²) in [7, 11) is 1.68. The summed E-state index contributed by atoms with van der Waals surface area (Å²) in [4.78, 5) is 17.7. The van der Waals surface area contributed by atoms with E-state index in [1.807, 2.05) is 37.8 Å². The first-order chi connectivity index (χ1) is 10.4. The Morgan fingerprint density at radius 3 is 2.82 bits per heavy atom. The lowest BCUT2D eigenvalue weighted by Crippen LogP contribution is -2.49. The number of para-hydroxylation sites is 1. The van der Waals surface area contributed by atoms with Crippen molar-refractivity contribution in [2.75, 3.05) is 13.7 Å². The van der Waals surface area contributed by atoms with Gasteiger partial charge in [-0.05, 0) is 26.8 Å². The minimum atomic E-state index is -0.221. The zero-order valence-corrected chi connectivity index (χ0v) is 13.6. The van der Waals surface area contributed by atoms with Gasteiger partial charge in [-0.15, -0.1) is 0 Å². The highest BCUT2D eigenvalue weighted by Crippen LogP contribution is 2.32. The van der Waals surface area contributed by atoms with Crippen LogP contribution in [-0.2, 0) is 13.0 Å². The number of urea groups is 1. The van der Waals surface area contributed by atoms with Crippen LogP contribution >= 0.6 is 0 Å². The molecule has 0 bridgehead atoms. The molecule has 2 aromatic rings. The van der Waals surface area contributed by atoms with Crippen LogP contribution in [-0.4, -0.2) is 35.1 Å². The number of hydrogen-bond acceptors (Lipinski definition) is 2. The summed E-state index contributed by atoms with van der Waals surface area (Å²) in [6, 6.07) is 6.02. The predicted molar refractivity (Wildman–Crippen MR) is 87.2 cm³/mol. The number of fused-ring (bicyclic) bond motifs is 3. The zero-order chi connectivity index (χ0) is 15.9. The van der Waals surface area contributed by atoms with Crippen LogP contribution in [0.25, 0.3) is 10.9 Å². The minimum absolute atomic E-state index is 0.00426. The molecule has 1 aliphatic rings. The van der Waals surface area contributed by atoms with E-state index < -0.39 is 0 Å². The molecule has 2 amide bonds. The number of hydrogen-bond donors (Lipinski definition) is 2. The molecule has 2 heterocycles. The van der Waals surface area contributed by atoms with Crippen molar-refractivity contribution in [3.63, 3.8) is 0 Å². The Kier molecular flexibility index (Phi) is 3.51. The molecule has 0 saturated carbocycles. The van der Waals surface area contributed by atoms with Gasteiger partial charge in [-0.25, -0.2) is 4.79 Å². The maximum atomic E-state index is 12.4. The number of aromatic nitrogens is 1. The lowest BCUT2D eigenvalue weighted by atomic mass is 10.0. The molecule has 0 saturated heterocycles. The summed E-state index contributed by atoms with van der Waals surface area (Å²) in [5.41, 5.74) is 3.21. The number of nitrogens with one attached hydrogen (secondary N) is 2. The Morgan fingerprint density at radius 2 is 2.14 bits per heavy atom. The first-order valence-electron chi connectivity index (χ1n) is 7.62. The number of benzene rings is 1. The summed E-state index contributed by atoms with van der Waals surface area (Å²) >= 11 is 0. The van der Waals surface area contributed by atoms with Gasteiger partial charge >= 0.3 is 6.03 Å². The molecule has 1 aromatic heterocycles. The summed E-state index contributed by atoms with van der Waals surface area (Å²) in [6.07, 6.45) is 0.838. The SMILES string of the molecule is COc1cccc2c3c([nH]c12)CCN(C(=O)NC(C)(C)C)C3. The standard InChI is InChI=1S/C17H23N3O2/c1-17(2,3)19-16(21)20-9-8-13-12(10-20)11-6-5-7-14(22-4)15(11)18-13/h5-7,18H,8-10H2,1-4H3,(H,19,21). The van der Waals surface area contributed by atoms with Gasteiger partial charge in [0.2, 0.25) is 0 Å². The summed E-state index contributed by atoms with van der Waals surface area (Å²) in [6.45, 7) is 7.35. The van der Waals surface area contributed by atoms with Crippen molar-refractivity contribution in [2.24, 2.45) is 0 Å². The Labute approximate surface area is 130 Å². The number of amides is 2. The normalized spacial score (nSPS) is 14.8. The highest BCUT2D eigenvalue weighted by atomic mass is 16.5. The lowest BCUT2D eigenvalue weighted by Gasteiger charge is -2.31. The van der Waals surface area contributed by atoms with Gasteiger partial charge in [-0.1, -0.05) is 12.1 Å². The van der Waals surface area contributed by atoms with Gasteiger partial charge in [0, 0.05) is 41.7 Å². The third-order valence-electron chi connectivity index (χ3n) is 3.96. The van der Waals surface area contributed by atoms with Crippen LogP contribution in [0.4, 0.5) is 4.79 Å². The van der Waals surface area contributed by atoms with Crippen LogP contribution in [0.5, 0.6) is 5.75 Å². The first kappa shape index (κ1) is 14.8. The molecule has 5 nitrogen and oxygen atoms in total. The first-order valence-corrected chi connectivity index (χ1v) is 7.62. The fraction of sp³-hybridized carbons (Fsp3) is 0.471. The highest BCUT2D eigenvalue weighted by molar-refractivity contribution is 5.90. The summed E-state index contributed by atoms with van der Waals surface area (Å²) < 4.78 is 5.42. The molecule has 0 unspecified atom stereocenters. The minimum Gasteiger partial charge on any atom is -0.495 e. The lowest BCUT2D eigenvalue weighted by molar-refractivity contribution is 0.183. The van der Waals surface area contributed by atoms with Crippen molar-refractivity contribution in [3.8, 4) is 5.75 Å². The molecule has 22 heavy (non-hydrogen) atoms. The topological polar surface area (TPSA) is 57.4 Å². The Balaban J connectivity index is 1.91. The van der Waals surface area contributed by atoms with Crippen LogP contribution in [0, 0.1) is 0 Å². The van der Waals surface area contributed by atoms with E-state index >= 15 is 0 Å². The molecular weight excluding hydrogens is 278 g/mol. The van der Waals surface area contributed by atoms with Gasteiger partial charge in [-0.3, -0.25) is 0 Å². The molecule has 3 rings (SSSR count). The van der Waals surface area contributed by atoms with Crippen LogP contribution in [0.2, 0.25) is 0 Å². The molecule has 5 heteroatoms. The van der Waals surface area contributed by atoms with Gasteiger partial charge < -0.3 is 19.9 Å². The van der Waals surface area contributed by atoms with E-state index in [-0.39, 0.29) is 11.6 Å². The van der Waals surface area contributed by atoms with Crippen molar-refractivity contribution in [1.82, 2.24) is 15.2 Å². The van der Waals surface area contributed by atoms with Crippen molar-refractivity contribution in [2.45, 2.75) is 39.3 Å². The van der Waals surface area contributed by atoms with Crippen molar-refractivity contribution in [1.29, 1.82) is 0 Å². The molecule has 1 aliphatic heterocycles. The van der Waals surface area contributed by atoms with Crippen LogP contribution in [0.15, 0.2) is 18.2 Å². The second-order valence-electron chi connectivity index (χ2n) is 6.82. The Hall–Kier alpha value is -2.17. The molecule has 0 aliphatic carbocycles. The fourth-order valence-corrected chi connectivity index (χ4v) is 2.95. The van der Waals surface area contributed by atoms with Crippen LogP contribution in [0.3, 0.4) is 0 Å². The third-order valence-corrected chi connectivity index (χ3v) is 3.96. The maximum Gasteiger partial charge on any atom is 0.318 e. The molecular formula is C17H23N3O2. The van der Waals surface area contributed by atoms with Gasteiger partial charge in [0.1, 0.15) is 5.75 Å². The molecule has 0 spiro atoms. The highest BCUT2D eigenvalue weighted by Gasteiger charge is 2.26. The van der Waals surface area contributed by atoms with E-state index in [9.17, 15) is 4.79 Å². The smallest absolute Gasteiger partial charge is 0.318 e. The second kappa shape index (κ2) is 5.23. The number of rotatable bonds is 1.